The molecule has 1 aromatic heterocycles. The molecule has 0 aliphatic carbocycles. The van der Waals surface area contributed by atoms with Gasteiger partial charge in [-0.3, -0.25) is 14.9 Å². The zero-order valence-electron chi connectivity index (χ0n) is 13.5. The highest BCUT2D eigenvalue weighted by Crippen LogP contribution is 2.25. The van der Waals surface area contributed by atoms with Crippen molar-refractivity contribution in [3.63, 3.8) is 0 Å². The molecular weight excluding hydrogens is 342 g/mol. The van der Waals surface area contributed by atoms with Crippen LogP contribution in [0.3, 0.4) is 0 Å². The van der Waals surface area contributed by atoms with E-state index in [-0.39, 0.29) is 22.2 Å². The van der Waals surface area contributed by atoms with E-state index in [1.165, 1.54) is 18.2 Å². The molecule has 0 radical (unpaired) electrons. The first-order chi connectivity index (χ1) is 12.0. The Morgan fingerprint density at radius 3 is 2.76 bits per heavy atom. The van der Waals surface area contributed by atoms with Gasteiger partial charge in [0.2, 0.25) is 0 Å². The van der Waals surface area contributed by atoms with Crippen molar-refractivity contribution in [2.75, 3.05) is 6.54 Å². The highest BCUT2D eigenvalue weighted by molar-refractivity contribution is 6.32. The molecule has 6 nitrogen and oxygen atoms in total. The van der Waals surface area contributed by atoms with Crippen LogP contribution in [0.4, 0.5) is 5.69 Å². The Kier molecular flexibility index (Phi) is 4.72. The molecule has 1 amide bonds. The molecule has 128 valence electrons. The largest absolute Gasteiger partial charge is 0.350 e. The van der Waals surface area contributed by atoms with Crippen LogP contribution < -0.4 is 5.32 Å². The van der Waals surface area contributed by atoms with E-state index in [4.69, 9.17) is 11.6 Å². The number of aryl methyl sites for hydroxylation is 1. The van der Waals surface area contributed by atoms with Gasteiger partial charge < -0.3 is 9.88 Å². The van der Waals surface area contributed by atoms with E-state index < -0.39 is 4.92 Å². The molecule has 3 aromatic rings. The lowest BCUT2D eigenvalue weighted by Crippen LogP contribution is -2.27. The van der Waals surface area contributed by atoms with Crippen LogP contribution in [0.5, 0.6) is 0 Å². The van der Waals surface area contributed by atoms with E-state index in [2.05, 4.69) is 16.0 Å². The molecule has 0 fully saturated rings. The summed E-state index contributed by atoms with van der Waals surface area (Å²) in [5.41, 5.74) is 2.15. The number of aromatic nitrogens is 1. The van der Waals surface area contributed by atoms with Crippen molar-refractivity contribution < 1.29 is 9.72 Å². The van der Waals surface area contributed by atoms with Crippen molar-refractivity contribution in [2.24, 2.45) is 0 Å². The number of nitro groups is 1. The molecule has 0 aliphatic heterocycles. The molecule has 0 aliphatic rings. The van der Waals surface area contributed by atoms with E-state index in [9.17, 15) is 14.9 Å². The van der Waals surface area contributed by atoms with Gasteiger partial charge in [0.25, 0.3) is 11.6 Å². The summed E-state index contributed by atoms with van der Waals surface area (Å²) in [5.74, 6) is -0.367. The Hall–Kier alpha value is -2.86. The molecule has 0 unspecified atom stereocenters. The van der Waals surface area contributed by atoms with Gasteiger partial charge >= 0.3 is 0 Å². The molecule has 1 heterocycles. The molecule has 0 saturated heterocycles. The Labute approximate surface area is 149 Å². The van der Waals surface area contributed by atoms with Crippen molar-refractivity contribution in [2.45, 2.75) is 13.5 Å². The topological polar surface area (TPSA) is 77.2 Å². The third-order valence-corrected chi connectivity index (χ3v) is 4.36. The second-order valence-electron chi connectivity index (χ2n) is 5.68. The number of nitrogens with one attached hydrogen (secondary N) is 1. The second-order valence-corrected chi connectivity index (χ2v) is 6.08. The monoisotopic (exact) mass is 357 g/mol. The summed E-state index contributed by atoms with van der Waals surface area (Å²) in [6.07, 6.45) is 0. The minimum Gasteiger partial charge on any atom is -0.350 e. The number of benzene rings is 2. The summed E-state index contributed by atoms with van der Waals surface area (Å²) >= 11 is 5.76. The van der Waals surface area contributed by atoms with Crippen molar-refractivity contribution in [3.8, 4) is 0 Å². The van der Waals surface area contributed by atoms with E-state index in [0.29, 0.717) is 13.1 Å². The third kappa shape index (κ3) is 3.49. The highest BCUT2D eigenvalue weighted by atomic mass is 35.5. The second kappa shape index (κ2) is 6.94. The minimum atomic E-state index is -0.603. The quantitative estimate of drug-likeness (QED) is 0.555. The van der Waals surface area contributed by atoms with Gasteiger partial charge in [-0.05, 0) is 36.6 Å². The number of hydrogen-bond donors (Lipinski definition) is 1. The van der Waals surface area contributed by atoms with Crippen molar-refractivity contribution in [1.82, 2.24) is 9.88 Å². The molecule has 0 spiro atoms. The van der Waals surface area contributed by atoms with Crippen LogP contribution in [0, 0.1) is 17.0 Å². The minimum absolute atomic E-state index is 0.0102. The van der Waals surface area contributed by atoms with E-state index >= 15 is 0 Å². The lowest BCUT2D eigenvalue weighted by molar-refractivity contribution is -0.384. The number of carbonyl (C=O) groups is 1. The maximum atomic E-state index is 12.2. The van der Waals surface area contributed by atoms with E-state index in [0.717, 1.165) is 16.6 Å². The Morgan fingerprint density at radius 1 is 1.24 bits per heavy atom. The summed E-state index contributed by atoms with van der Waals surface area (Å²) < 4.78 is 2.12. The lowest BCUT2D eigenvalue weighted by Gasteiger charge is -2.10. The number of para-hydroxylation sites is 1. The number of hydrogen-bond acceptors (Lipinski definition) is 3. The maximum Gasteiger partial charge on any atom is 0.288 e. The fraction of sp³-hybridized carbons (Fsp3) is 0.167. The van der Waals surface area contributed by atoms with Crippen LogP contribution in [-0.2, 0) is 6.54 Å². The van der Waals surface area contributed by atoms with Gasteiger partial charge in [-0.2, -0.15) is 0 Å². The van der Waals surface area contributed by atoms with Crippen LogP contribution in [-0.4, -0.2) is 21.9 Å². The van der Waals surface area contributed by atoms with Crippen molar-refractivity contribution in [1.29, 1.82) is 0 Å². The fourth-order valence-corrected chi connectivity index (χ4v) is 3.01. The molecule has 0 atom stereocenters. The van der Waals surface area contributed by atoms with E-state index in [1.807, 2.05) is 31.2 Å². The number of fused-ring (bicyclic) bond motifs is 1. The Morgan fingerprint density at radius 2 is 2.00 bits per heavy atom. The first-order valence-corrected chi connectivity index (χ1v) is 8.12. The number of nitro benzene ring substituents is 1. The lowest BCUT2D eigenvalue weighted by atomic mass is 10.2. The van der Waals surface area contributed by atoms with Crippen LogP contribution in [0.25, 0.3) is 10.9 Å². The van der Waals surface area contributed by atoms with Gasteiger partial charge in [0.1, 0.15) is 5.02 Å². The zero-order chi connectivity index (χ0) is 18.0. The Bertz CT molecular complexity index is 965. The van der Waals surface area contributed by atoms with Gasteiger partial charge in [0, 0.05) is 35.9 Å². The molecule has 3 rings (SSSR count). The van der Waals surface area contributed by atoms with Crippen LogP contribution in [0.15, 0.2) is 48.5 Å². The summed E-state index contributed by atoms with van der Waals surface area (Å²) in [5, 5.41) is 14.9. The average molecular weight is 358 g/mol. The SMILES string of the molecule is Cc1cc2ccccc2n1CCNC(=O)c1ccc(Cl)c([N+](=O)[O-])c1. The van der Waals surface area contributed by atoms with Gasteiger partial charge in [0.15, 0.2) is 0 Å². The van der Waals surface area contributed by atoms with E-state index in [1.54, 1.807) is 0 Å². The summed E-state index contributed by atoms with van der Waals surface area (Å²) in [6.45, 7) is 3.04. The molecule has 2 aromatic carbocycles. The smallest absolute Gasteiger partial charge is 0.288 e. The summed E-state index contributed by atoms with van der Waals surface area (Å²) in [7, 11) is 0. The number of amides is 1. The first-order valence-electron chi connectivity index (χ1n) is 7.74. The van der Waals surface area contributed by atoms with Crippen LogP contribution in [0.1, 0.15) is 16.1 Å². The van der Waals surface area contributed by atoms with Crippen molar-refractivity contribution in [3.05, 3.63) is 74.9 Å². The number of carbonyl (C=O) groups excluding carboxylic acids is 1. The standard InChI is InChI=1S/C18H16ClN3O3/c1-12-10-13-4-2-3-5-16(13)21(12)9-8-20-18(23)14-6-7-15(19)17(11-14)22(24)25/h2-7,10-11H,8-9H2,1H3,(H,20,23). The van der Waals surface area contributed by atoms with Gasteiger partial charge in [-0.1, -0.05) is 29.8 Å². The normalized spacial score (nSPS) is 10.8. The van der Waals surface area contributed by atoms with Crippen LogP contribution in [0.2, 0.25) is 5.02 Å². The molecule has 0 saturated carbocycles. The first kappa shape index (κ1) is 17.0. The molecule has 1 N–H and O–H groups in total. The summed E-state index contributed by atoms with van der Waals surface area (Å²) in [4.78, 5) is 22.5. The van der Waals surface area contributed by atoms with Crippen molar-refractivity contribution >= 4 is 34.1 Å². The average Bonchev–Trinajstić information content (AvgIpc) is 2.90. The summed E-state index contributed by atoms with van der Waals surface area (Å²) in [6, 6.07) is 14.2. The predicted octanol–water partition coefficient (Wildman–Crippen LogP) is 3.94. The molecule has 25 heavy (non-hydrogen) atoms. The fourth-order valence-electron chi connectivity index (χ4n) is 2.82. The van der Waals surface area contributed by atoms with Gasteiger partial charge in [-0.15, -0.1) is 0 Å². The number of nitrogens with zero attached hydrogens (tertiary/aromatic N) is 2. The Balaban J connectivity index is 1.69. The molecule has 0 bridgehead atoms. The number of rotatable bonds is 5. The predicted molar refractivity (Wildman–Crippen MR) is 97.1 cm³/mol. The maximum absolute atomic E-state index is 12.2. The highest BCUT2D eigenvalue weighted by Gasteiger charge is 2.16. The van der Waals surface area contributed by atoms with Gasteiger partial charge in [-0.25, -0.2) is 0 Å². The molecule has 7 heteroatoms. The third-order valence-electron chi connectivity index (χ3n) is 4.04. The van der Waals surface area contributed by atoms with Crippen LogP contribution >= 0.6 is 11.6 Å². The number of halogens is 1. The molecular formula is C18H16ClN3O3. The zero-order valence-corrected chi connectivity index (χ0v) is 14.3. The van der Waals surface area contributed by atoms with Gasteiger partial charge in [0.05, 0.1) is 4.92 Å².